The Balaban J connectivity index is 1.97. The first-order valence-electron chi connectivity index (χ1n) is 9.79. The number of allylic oxidation sites excluding steroid dienone is 2. The van der Waals surface area contributed by atoms with Crippen LogP contribution in [0.2, 0.25) is 0 Å². The number of hydrogen-bond acceptors (Lipinski definition) is 6. The maximum Gasteiger partial charge on any atom is 0.306 e. The largest absolute Gasteiger partial charge is 0.493 e. The summed E-state index contributed by atoms with van der Waals surface area (Å²) in [5.74, 6) is -1.40. The fourth-order valence-electron chi connectivity index (χ4n) is 7.02. The summed E-state index contributed by atoms with van der Waals surface area (Å²) >= 11 is 0. The number of rotatable bonds is 1. The number of methoxy groups -OCH3 is 1. The third-order valence-corrected chi connectivity index (χ3v) is 8.24. The zero-order valence-electron chi connectivity index (χ0n) is 16.6. The highest BCUT2D eigenvalue weighted by atomic mass is 16.5. The van der Waals surface area contributed by atoms with Crippen LogP contribution in [0.3, 0.4) is 0 Å². The van der Waals surface area contributed by atoms with Crippen LogP contribution < -0.4 is 0 Å². The van der Waals surface area contributed by atoms with E-state index in [4.69, 9.17) is 9.47 Å². The Kier molecular flexibility index (Phi) is 3.91. The summed E-state index contributed by atoms with van der Waals surface area (Å²) in [6, 6.07) is 0. The van der Waals surface area contributed by atoms with Crippen LogP contribution in [-0.2, 0) is 23.9 Å². The van der Waals surface area contributed by atoms with Crippen LogP contribution in [0, 0.1) is 34.5 Å². The molecule has 27 heavy (non-hydrogen) atoms. The van der Waals surface area contributed by atoms with Gasteiger partial charge >= 0.3 is 5.97 Å². The summed E-state index contributed by atoms with van der Waals surface area (Å²) in [7, 11) is 1.46. The molecule has 0 spiro atoms. The van der Waals surface area contributed by atoms with Gasteiger partial charge in [0.05, 0.1) is 13.5 Å². The van der Waals surface area contributed by atoms with Crippen molar-refractivity contribution in [1.82, 2.24) is 0 Å². The van der Waals surface area contributed by atoms with Crippen LogP contribution in [0.5, 0.6) is 0 Å². The third-order valence-electron chi connectivity index (χ3n) is 8.24. The maximum absolute atomic E-state index is 13.6. The highest BCUT2D eigenvalue weighted by Crippen LogP contribution is 2.67. The second-order valence-corrected chi connectivity index (χ2v) is 9.33. The number of fused-ring (bicyclic) bond motifs is 2. The van der Waals surface area contributed by atoms with Crippen LogP contribution in [-0.4, -0.2) is 42.0 Å². The minimum absolute atomic E-state index is 0.0529. The lowest BCUT2D eigenvalue weighted by Crippen LogP contribution is -2.70. The van der Waals surface area contributed by atoms with Crippen molar-refractivity contribution in [3.8, 4) is 0 Å². The summed E-state index contributed by atoms with van der Waals surface area (Å²) in [5, 5.41) is 10.4. The molecule has 0 amide bonds. The van der Waals surface area contributed by atoms with Crippen molar-refractivity contribution < 1.29 is 29.0 Å². The van der Waals surface area contributed by atoms with Gasteiger partial charge in [-0.1, -0.05) is 20.8 Å². The number of Topliss-reactive ketones (excluding diaryl/α,β-unsaturated/α-hetero) is 2. The van der Waals surface area contributed by atoms with Crippen molar-refractivity contribution in [3.05, 3.63) is 11.3 Å². The van der Waals surface area contributed by atoms with Gasteiger partial charge in [0, 0.05) is 22.7 Å². The first kappa shape index (κ1) is 18.7. The van der Waals surface area contributed by atoms with E-state index in [2.05, 4.69) is 0 Å². The predicted octanol–water partition coefficient (Wildman–Crippen LogP) is 2.04. The number of aliphatic hydroxyl groups excluding tert-OH is 1. The van der Waals surface area contributed by atoms with Crippen LogP contribution in [0.1, 0.15) is 47.0 Å². The highest BCUT2D eigenvalue weighted by Gasteiger charge is 2.72. The Morgan fingerprint density at radius 2 is 1.85 bits per heavy atom. The van der Waals surface area contributed by atoms with Gasteiger partial charge in [0.15, 0.2) is 11.5 Å². The van der Waals surface area contributed by atoms with Gasteiger partial charge < -0.3 is 14.6 Å². The number of ether oxygens (including phenoxy) is 2. The molecular formula is C21H28O6. The smallest absolute Gasteiger partial charge is 0.306 e. The Morgan fingerprint density at radius 1 is 1.19 bits per heavy atom. The van der Waals surface area contributed by atoms with Crippen LogP contribution in [0.25, 0.3) is 0 Å². The van der Waals surface area contributed by atoms with Gasteiger partial charge in [-0.15, -0.1) is 0 Å². The molecule has 0 bridgehead atoms. The first-order valence-corrected chi connectivity index (χ1v) is 9.79. The lowest BCUT2D eigenvalue weighted by Gasteiger charge is -2.65. The monoisotopic (exact) mass is 376 g/mol. The average molecular weight is 376 g/mol. The average Bonchev–Trinajstić information content (AvgIpc) is 2.58. The molecule has 6 heteroatoms. The predicted molar refractivity (Wildman–Crippen MR) is 95.3 cm³/mol. The van der Waals surface area contributed by atoms with E-state index in [9.17, 15) is 19.5 Å². The first-order chi connectivity index (χ1) is 12.6. The van der Waals surface area contributed by atoms with Crippen LogP contribution >= 0.6 is 0 Å². The second-order valence-electron chi connectivity index (χ2n) is 9.33. The van der Waals surface area contributed by atoms with Gasteiger partial charge in [0.1, 0.15) is 12.2 Å². The Labute approximate surface area is 159 Å². The van der Waals surface area contributed by atoms with Crippen molar-refractivity contribution in [3.63, 3.8) is 0 Å². The maximum atomic E-state index is 13.6. The topological polar surface area (TPSA) is 89.9 Å². The third kappa shape index (κ3) is 2.08. The zero-order valence-corrected chi connectivity index (χ0v) is 16.6. The normalized spacial score (nSPS) is 49.3. The van der Waals surface area contributed by atoms with Crippen LogP contribution in [0.15, 0.2) is 11.3 Å². The van der Waals surface area contributed by atoms with Gasteiger partial charge in [-0.3, -0.25) is 14.4 Å². The van der Waals surface area contributed by atoms with E-state index in [1.165, 1.54) is 7.11 Å². The standard InChI is InChI=1S/C21H28O6/c1-9-6-13(22)19(25)21(4)11(9)7-14-20(3)12(8-15(23)27-14)10(2)17(26-5)16(24)18(20)21/h9,11-14,18,22H,6-8H2,1-5H3/t9-,11+,12+,13+,14-,18-,20-,21+/m1/s1. The second kappa shape index (κ2) is 5.66. The molecule has 0 unspecified atom stereocenters. The number of aliphatic hydroxyl groups is 1. The number of ketones is 2. The van der Waals surface area contributed by atoms with Gasteiger partial charge in [-0.05, 0) is 37.2 Å². The molecule has 1 heterocycles. The summed E-state index contributed by atoms with van der Waals surface area (Å²) in [4.78, 5) is 39.2. The van der Waals surface area contributed by atoms with Crippen LogP contribution in [0.4, 0.5) is 0 Å². The molecule has 2 saturated carbocycles. The van der Waals surface area contributed by atoms with E-state index in [-0.39, 0.29) is 47.5 Å². The molecule has 0 aromatic heterocycles. The number of carbonyl (C=O) groups excluding carboxylic acids is 3. The van der Waals surface area contributed by atoms with E-state index in [0.717, 1.165) is 5.57 Å². The minimum atomic E-state index is -1.06. The Morgan fingerprint density at radius 3 is 2.48 bits per heavy atom. The molecule has 8 atom stereocenters. The van der Waals surface area contributed by atoms with Crippen molar-refractivity contribution in [2.45, 2.75) is 59.2 Å². The fraction of sp³-hybridized carbons (Fsp3) is 0.762. The Bertz CT molecular complexity index is 769. The van der Waals surface area contributed by atoms with E-state index in [1.807, 2.05) is 27.7 Å². The Hall–Kier alpha value is -1.69. The number of hydrogen-bond donors (Lipinski definition) is 1. The molecule has 6 nitrogen and oxygen atoms in total. The zero-order chi connectivity index (χ0) is 19.9. The molecule has 0 aromatic rings. The van der Waals surface area contributed by atoms with E-state index >= 15 is 0 Å². The van der Waals surface area contributed by atoms with Gasteiger partial charge in [0.25, 0.3) is 0 Å². The SMILES string of the molecule is COC1=C(C)[C@@H]2CC(=O)O[C@@H]3C[C@H]4[C@H](C)C[C@H](O)C(=O)[C@]4(C)[C@H](C1=O)[C@@]32C. The molecule has 1 aliphatic heterocycles. The lowest BCUT2D eigenvalue weighted by atomic mass is 9.39. The molecule has 148 valence electrons. The van der Waals surface area contributed by atoms with E-state index < -0.39 is 29.0 Å². The molecule has 4 aliphatic rings. The highest BCUT2D eigenvalue weighted by molar-refractivity contribution is 6.04. The molecule has 0 radical (unpaired) electrons. The molecule has 1 saturated heterocycles. The fourth-order valence-corrected chi connectivity index (χ4v) is 7.02. The number of carbonyl (C=O) groups is 3. The van der Waals surface area contributed by atoms with E-state index in [0.29, 0.717) is 12.8 Å². The van der Waals surface area contributed by atoms with Gasteiger partial charge in [0.2, 0.25) is 5.78 Å². The number of esters is 1. The van der Waals surface area contributed by atoms with Crippen molar-refractivity contribution >= 4 is 17.5 Å². The van der Waals surface area contributed by atoms with Crippen molar-refractivity contribution in [1.29, 1.82) is 0 Å². The van der Waals surface area contributed by atoms with Gasteiger partial charge in [-0.25, -0.2) is 0 Å². The quantitative estimate of drug-likeness (QED) is 0.705. The van der Waals surface area contributed by atoms with Crippen molar-refractivity contribution in [2.24, 2.45) is 34.5 Å². The molecule has 3 fully saturated rings. The molecule has 4 rings (SSSR count). The summed E-state index contributed by atoms with van der Waals surface area (Å²) in [5.41, 5.74) is -0.900. The summed E-state index contributed by atoms with van der Waals surface area (Å²) in [6.07, 6.45) is -0.352. The molecule has 3 aliphatic carbocycles. The van der Waals surface area contributed by atoms with Crippen molar-refractivity contribution in [2.75, 3.05) is 7.11 Å². The van der Waals surface area contributed by atoms with Gasteiger partial charge in [-0.2, -0.15) is 0 Å². The summed E-state index contributed by atoms with van der Waals surface area (Å²) < 4.78 is 11.2. The summed E-state index contributed by atoms with van der Waals surface area (Å²) in [6.45, 7) is 7.67. The minimum Gasteiger partial charge on any atom is -0.493 e. The molecular weight excluding hydrogens is 348 g/mol. The van der Waals surface area contributed by atoms with E-state index in [1.54, 1.807) is 0 Å². The molecule has 1 N–H and O–H groups in total. The molecule has 0 aromatic carbocycles. The lowest BCUT2D eigenvalue weighted by molar-refractivity contribution is -0.224.